The highest BCUT2D eigenvalue weighted by molar-refractivity contribution is 7.89. The third kappa shape index (κ3) is 7.08. The number of rotatable bonds is 10. The molecular formula is C15H22N2O7S. The van der Waals surface area contributed by atoms with Crippen LogP contribution in [0, 0.1) is 0 Å². The maximum absolute atomic E-state index is 12.2. The SMILES string of the molecule is COCCNC(=O)COC(=O)[C@H](C)NS(=O)(=O)c1ccc(OC)cc1. The Balaban J connectivity index is 2.53. The van der Waals surface area contributed by atoms with Crippen molar-refractivity contribution in [2.24, 2.45) is 0 Å². The van der Waals surface area contributed by atoms with E-state index in [1.807, 2.05) is 0 Å². The van der Waals surface area contributed by atoms with Gasteiger partial charge in [0, 0.05) is 13.7 Å². The van der Waals surface area contributed by atoms with Crippen LogP contribution in [0.15, 0.2) is 29.2 Å². The van der Waals surface area contributed by atoms with Gasteiger partial charge in [0.25, 0.3) is 5.91 Å². The van der Waals surface area contributed by atoms with Crippen LogP contribution in [0.5, 0.6) is 5.75 Å². The van der Waals surface area contributed by atoms with Crippen molar-refractivity contribution in [3.05, 3.63) is 24.3 Å². The second-order valence-corrected chi connectivity index (χ2v) is 6.68. The van der Waals surface area contributed by atoms with Gasteiger partial charge in [0.05, 0.1) is 18.6 Å². The zero-order valence-electron chi connectivity index (χ0n) is 14.3. The molecule has 0 saturated carbocycles. The Bertz CT molecular complexity index is 674. The van der Waals surface area contributed by atoms with Gasteiger partial charge in [-0.3, -0.25) is 9.59 Å². The average Bonchev–Trinajstić information content (AvgIpc) is 2.59. The molecule has 1 aromatic carbocycles. The number of nitrogens with one attached hydrogen (secondary N) is 2. The van der Waals surface area contributed by atoms with Crippen molar-refractivity contribution in [2.75, 3.05) is 34.0 Å². The van der Waals surface area contributed by atoms with Gasteiger partial charge in [0.2, 0.25) is 10.0 Å². The van der Waals surface area contributed by atoms with Gasteiger partial charge in [-0.2, -0.15) is 4.72 Å². The quantitative estimate of drug-likeness (QED) is 0.425. The zero-order chi connectivity index (χ0) is 18.9. The number of hydrogen-bond donors (Lipinski definition) is 2. The third-order valence-corrected chi connectivity index (χ3v) is 4.59. The second-order valence-electron chi connectivity index (χ2n) is 4.97. The summed E-state index contributed by atoms with van der Waals surface area (Å²) in [6.07, 6.45) is 0. The number of hydrogen-bond acceptors (Lipinski definition) is 7. The van der Waals surface area contributed by atoms with Crippen LogP contribution in [-0.4, -0.2) is 60.3 Å². The van der Waals surface area contributed by atoms with Crippen molar-refractivity contribution in [2.45, 2.75) is 17.9 Å². The first-order valence-electron chi connectivity index (χ1n) is 7.39. The summed E-state index contributed by atoms with van der Waals surface area (Å²) in [5, 5.41) is 2.47. The number of sulfonamides is 1. The number of esters is 1. The van der Waals surface area contributed by atoms with Gasteiger partial charge in [-0.05, 0) is 31.2 Å². The van der Waals surface area contributed by atoms with Crippen LogP contribution in [0.2, 0.25) is 0 Å². The fourth-order valence-electron chi connectivity index (χ4n) is 1.71. The van der Waals surface area contributed by atoms with E-state index >= 15 is 0 Å². The fraction of sp³-hybridized carbons (Fsp3) is 0.467. The molecule has 25 heavy (non-hydrogen) atoms. The number of methoxy groups -OCH3 is 2. The van der Waals surface area contributed by atoms with E-state index in [0.29, 0.717) is 12.4 Å². The third-order valence-electron chi connectivity index (χ3n) is 3.03. The summed E-state index contributed by atoms with van der Waals surface area (Å²) in [6.45, 7) is 1.44. The van der Waals surface area contributed by atoms with Crippen LogP contribution in [0.3, 0.4) is 0 Å². The normalized spacial score (nSPS) is 12.3. The molecule has 0 fully saturated rings. The molecule has 0 aliphatic rings. The molecule has 0 aliphatic heterocycles. The van der Waals surface area contributed by atoms with E-state index in [1.54, 1.807) is 0 Å². The predicted octanol–water partition coefficient (Wildman–Crippen LogP) is -0.332. The molecule has 1 atom stereocenters. The fourth-order valence-corrected chi connectivity index (χ4v) is 2.90. The molecule has 0 saturated heterocycles. The Hall–Kier alpha value is -2.17. The maximum atomic E-state index is 12.2. The van der Waals surface area contributed by atoms with Gasteiger partial charge in [0.15, 0.2) is 6.61 Å². The molecule has 10 heteroatoms. The molecule has 9 nitrogen and oxygen atoms in total. The Labute approximate surface area is 146 Å². The molecule has 140 valence electrons. The van der Waals surface area contributed by atoms with E-state index in [2.05, 4.69) is 10.0 Å². The second kappa shape index (κ2) is 9.97. The largest absolute Gasteiger partial charge is 0.497 e. The molecule has 1 amide bonds. The first-order chi connectivity index (χ1) is 11.8. The Morgan fingerprint density at radius 3 is 2.36 bits per heavy atom. The van der Waals surface area contributed by atoms with Crippen LogP contribution in [0.4, 0.5) is 0 Å². The first kappa shape index (κ1) is 20.9. The van der Waals surface area contributed by atoms with Crippen LogP contribution in [0.25, 0.3) is 0 Å². The summed E-state index contributed by atoms with van der Waals surface area (Å²) in [7, 11) is -0.957. The summed E-state index contributed by atoms with van der Waals surface area (Å²) >= 11 is 0. The van der Waals surface area contributed by atoms with Crippen molar-refractivity contribution < 1.29 is 32.2 Å². The van der Waals surface area contributed by atoms with Gasteiger partial charge in [-0.25, -0.2) is 8.42 Å². The van der Waals surface area contributed by atoms with Crippen LogP contribution < -0.4 is 14.8 Å². The van der Waals surface area contributed by atoms with E-state index in [1.165, 1.54) is 45.4 Å². The summed E-state index contributed by atoms with van der Waals surface area (Å²) in [4.78, 5) is 23.2. The van der Waals surface area contributed by atoms with Gasteiger partial charge in [0.1, 0.15) is 11.8 Å². The van der Waals surface area contributed by atoms with Crippen molar-refractivity contribution in [3.63, 3.8) is 0 Å². The predicted molar refractivity (Wildman–Crippen MR) is 88.6 cm³/mol. The molecule has 0 bridgehead atoms. The Morgan fingerprint density at radius 2 is 1.80 bits per heavy atom. The van der Waals surface area contributed by atoms with Crippen LogP contribution in [-0.2, 0) is 29.1 Å². The summed E-state index contributed by atoms with van der Waals surface area (Å²) in [6, 6.07) is 4.52. The minimum Gasteiger partial charge on any atom is -0.497 e. The lowest BCUT2D eigenvalue weighted by molar-refractivity contribution is -0.149. The molecule has 0 aliphatic carbocycles. The number of carbonyl (C=O) groups excluding carboxylic acids is 2. The van der Waals surface area contributed by atoms with E-state index in [4.69, 9.17) is 14.2 Å². The zero-order valence-corrected chi connectivity index (χ0v) is 15.1. The lowest BCUT2D eigenvalue weighted by Gasteiger charge is -2.14. The summed E-state index contributed by atoms with van der Waals surface area (Å²) < 4.78 is 41.1. The van der Waals surface area contributed by atoms with Crippen molar-refractivity contribution in [1.82, 2.24) is 10.0 Å². The molecular weight excluding hydrogens is 352 g/mol. The molecule has 0 spiro atoms. The van der Waals surface area contributed by atoms with Gasteiger partial charge in [-0.15, -0.1) is 0 Å². The minimum absolute atomic E-state index is 0.0229. The highest BCUT2D eigenvalue weighted by Gasteiger charge is 2.23. The Morgan fingerprint density at radius 1 is 1.16 bits per heavy atom. The van der Waals surface area contributed by atoms with Crippen LogP contribution in [0.1, 0.15) is 6.92 Å². The number of benzene rings is 1. The van der Waals surface area contributed by atoms with Gasteiger partial charge >= 0.3 is 5.97 Å². The molecule has 0 aromatic heterocycles. The lowest BCUT2D eigenvalue weighted by Crippen LogP contribution is -2.41. The lowest BCUT2D eigenvalue weighted by atomic mass is 10.3. The van der Waals surface area contributed by atoms with Crippen molar-refractivity contribution in [3.8, 4) is 5.75 Å². The maximum Gasteiger partial charge on any atom is 0.324 e. The van der Waals surface area contributed by atoms with E-state index < -0.39 is 34.5 Å². The molecule has 2 N–H and O–H groups in total. The number of amides is 1. The molecule has 0 heterocycles. The highest BCUT2D eigenvalue weighted by atomic mass is 32.2. The average molecular weight is 374 g/mol. The van der Waals surface area contributed by atoms with Crippen molar-refractivity contribution in [1.29, 1.82) is 0 Å². The topological polar surface area (TPSA) is 120 Å². The smallest absolute Gasteiger partial charge is 0.324 e. The summed E-state index contributed by atoms with van der Waals surface area (Å²) in [5.41, 5.74) is 0. The summed E-state index contributed by atoms with van der Waals surface area (Å²) in [5.74, 6) is -0.861. The van der Waals surface area contributed by atoms with E-state index in [0.717, 1.165) is 0 Å². The monoisotopic (exact) mass is 374 g/mol. The van der Waals surface area contributed by atoms with Crippen LogP contribution >= 0.6 is 0 Å². The molecule has 1 rings (SSSR count). The molecule has 0 radical (unpaired) electrons. The highest BCUT2D eigenvalue weighted by Crippen LogP contribution is 2.15. The first-order valence-corrected chi connectivity index (χ1v) is 8.87. The van der Waals surface area contributed by atoms with Crippen molar-refractivity contribution >= 4 is 21.9 Å². The number of ether oxygens (including phenoxy) is 3. The van der Waals surface area contributed by atoms with E-state index in [9.17, 15) is 18.0 Å². The minimum atomic E-state index is -3.91. The standard InChI is InChI=1S/C15H22N2O7S/c1-11(15(19)24-10-14(18)16-8-9-22-2)17-25(20,21)13-6-4-12(23-3)5-7-13/h4-7,11,17H,8-10H2,1-3H3,(H,16,18)/t11-/m0/s1. The molecule has 0 unspecified atom stereocenters. The Kier molecular flexibility index (Phi) is 8.32. The van der Waals surface area contributed by atoms with Gasteiger partial charge in [-0.1, -0.05) is 0 Å². The van der Waals surface area contributed by atoms with E-state index in [-0.39, 0.29) is 11.4 Å². The van der Waals surface area contributed by atoms with Gasteiger partial charge < -0.3 is 19.5 Å². The number of carbonyl (C=O) groups is 2. The molecule has 1 aromatic rings.